The van der Waals surface area contributed by atoms with Crippen LogP contribution < -0.4 is 20.7 Å². The summed E-state index contributed by atoms with van der Waals surface area (Å²) in [5.41, 5.74) is 0.123. The number of benzene rings is 1. The second-order valence-electron chi connectivity index (χ2n) is 9.77. The van der Waals surface area contributed by atoms with Gasteiger partial charge in [-0.2, -0.15) is 0 Å². The standard InChI is InChI=1S/C23H35N3O6/c1-14-19(27)25-17-13-15(10-11-18(17)30-14)16(26-21(29)32-23(5,6)7)9-8-12-24-20(28)31-22(2,3)4/h10-11,13-14,16H,8-9,12H2,1-7H3,(H,24,28)(H,25,27)(H,26,29). The van der Waals surface area contributed by atoms with Crippen LogP contribution in [0.2, 0.25) is 0 Å². The van der Waals surface area contributed by atoms with Gasteiger partial charge in [-0.3, -0.25) is 4.79 Å². The molecule has 0 fully saturated rings. The van der Waals surface area contributed by atoms with Crippen molar-refractivity contribution in [3.8, 4) is 5.75 Å². The van der Waals surface area contributed by atoms with Gasteiger partial charge in [-0.25, -0.2) is 9.59 Å². The maximum atomic E-state index is 12.4. The number of hydrogen-bond donors (Lipinski definition) is 3. The van der Waals surface area contributed by atoms with E-state index < -0.39 is 35.5 Å². The highest BCUT2D eigenvalue weighted by atomic mass is 16.6. The lowest BCUT2D eigenvalue weighted by molar-refractivity contribution is -0.122. The molecule has 2 atom stereocenters. The minimum absolute atomic E-state index is 0.229. The summed E-state index contributed by atoms with van der Waals surface area (Å²) in [7, 11) is 0. The minimum atomic E-state index is -0.638. The van der Waals surface area contributed by atoms with E-state index in [4.69, 9.17) is 14.2 Å². The molecule has 9 nitrogen and oxygen atoms in total. The van der Waals surface area contributed by atoms with Crippen molar-refractivity contribution in [3.63, 3.8) is 0 Å². The van der Waals surface area contributed by atoms with Crippen LogP contribution in [0.3, 0.4) is 0 Å². The van der Waals surface area contributed by atoms with Crippen molar-refractivity contribution in [3.05, 3.63) is 23.8 Å². The molecule has 0 radical (unpaired) electrons. The molecule has 0 saturated carbocycles. The van der Waals surface area contributed by atoms with Crippen LogP contribution >= 0.6 is 0 Å². The first-order chi connectivity index (χ1) is 14.7. The van der Waals surface area contributed by atoms with Crippen molar-refractivity contribution < 1.29 is 28.6 Å². The summed E-state index contributed by atoms with van der Waals surface area (Å²) in [4.78, 5) is 36.2. The first kappa shape index (κ1) is 25.3. The monoisotopic (exact) mass is 449 g/mol. The Kier molecular flexibility index (Phi) is 7.98. The highest BCUT2D eigenvalue weighted by Gasteiger charge is 2.26. The van der Waals surface area contributed by atoms with Crippen LogP contribution in [0.5, 0.6) is 5.75 Å². The third-order valence-electron chi connectivity index (χ3n) is 4.37. The Hall–Kier alpha value is -2.97. The predicted octanol–water partition coefficient (Wildman–Crippen LogP) is 4.28. The van der Waals surface area contributed by atoms with E-state index in [0.29, 0.717) is 30.8 Å². The number of ether oxygens (including phenoxy) is 3. The smallest absolute Gasteiger partial charge is 0.408 e. The van der Waals surface area contributed by atoms with Gasteiger partial charge in [0.2, 0.25) is 0 Å². The Morgan fingerprint density at radius 1 is 1.09 bits per heavy atom. The maximum Gasteiger partial charge on any atom is 0.408 e. The summed E-state index contributed by atoms with van der Waals surface area (Å²) in [6.07, 6.45) is -0.496. The molecule has 0 aliphatic carbocycles. The first-order valence-electron chi connectivity index (χ1n) is 10.8. The Balaban J connectivity index is 2.08. The molecule has 3 amide bonds. The molecule has 9 heteroatoms. The zero-order valence-corrected chi connectivity index (χ0v) is 20.0. The largest absolute Gasteiger partial charge is 0.479 e. The molecule has 0 saturated heterocycles. The van der Waals surface area contributed by atoms with Gasteiger partial charge in [0.25, 0.3) is 5.91 Å². The molecule has 2 rings (SSSR count). The van der Waals surface area contributed by atoms with Crippen LogP contribution in [-0.2, 0) is 14.3 Å². The zero-order chi connectivity index (χ0) is 24.1. The fraction of sp³-hybridized carbons (Fsp3) is 0.609. The molecule has 0 spiro atoms. The molecular weight excluding hydrogens is 414 g/mol. The van der Waals surface area contributed by atoms with Crippen LogP contribution in [0.25, 0.3) is 0 Å². The third-order valence-corrected chi connectivity index (χ3v) is 4.37. The molecule has 1 aromatic rings. The third kappa shape index (κ3) is 8.28. The fourth-order valence-corrected chi connectivity index (χ4v) is 3.03. The van der Waals surface area contributed by atoms with Crippen molar-refractivity contribution in [2.75, 3.05) is 11.9 Å². The molecule has 178 valence electrons. The molecule has 0 aromatic heterocycles. The zero-order valence-electron chi connectivity index (χ0n) is 20.0. The molecule has 32 heavy (non-hydrogen) atoms. The van der Waals surface area contributed by atoms with Gasteiger partial charge < -0.3 is 30.2 Å². The first-order valence-corrected chi connectivity index (χ1v) is 10.8. The van der Waals surface area contributed by atoms with Crippen LogP contribution in [0.4, 0.5) is 15.3 Å². The summed E-state index contributed by atoms with van der Waals surface area (Å²) in [6, 6.07) is 4.99. The van der Waals surface area contributed by atoms with E-state index in [2.05, 4.69) is 16.0 Å². The van der Waals surface area contributed by atoms with Gasteiger partial charge in [-0.15, -0.1) is 0 Å². The van der Waals surface area contributed by atoms with Gasteiger partial charge in [0.15, 0.2) is 6.10 Å². The number of fused-ring (bicyclic) bond motifs is 1. The van der Waals surface area contributed by atoms with Crippen LogP contribution in [0.1, 0.15) is 72.9 Å². The van der Waals surface area contributed by atoms with Crippen molar-refractivity contribution >= 4 is 23.8 Å². The van der Waals surface area contributed by atoms with E-state index in [1.165, 1.54) is 0 Å². The maximum absolute atomic E-state index is 12.4. The van der Waals surface area contributed by atoms with E-state index in [0.717, 1.165) is 5.56 Å². The van der Waals surface area contributed by atoms with Gasteiger partial charge in [-0.05, 0) is 79.0 Å². The topological polar surface area (TPSA) is 115 Å². The molecule has 3 N–H and O–H groups in total. The average Bonchev–Trinajstić information content (AvgIpc) is 2.62. The number of carbonyl (C=O) groups excluding carboxylic acids is 3. The predicted molar refractivity (Wildman–Crippen MR) is 121 cm³/mol. The van der Waals surface area contributed by atoms with Crippen molar-refractivity contribution in [2.45, 2.75) is 84.7 Å². The van der Waals surface area contributed by atoms with Crippen LogP contribution in [-0.4, -0.2) is 41.9 Å². The molecule has 1 aromatic carbocycles. The highest BCUT2D eigenvalue weighted by Crippen LogP contribution is 2.33. The lowest BCUT2D eigenvalue weighted by atomic mass is 10.0. The Bertz CT molecular complexity index is 841. The molecule has 2 unspecified atom stereocenters. The number of anilines is 1. The van der Waals surface area contributed by atoms with E-state index in [1.807, 2.05) is 6.07 Å². The minimum Gasteiger partial charge on any atom is -0.479 e. The second kappa shape index (κ2) is 10.1. The number of carbonyl (C=O) groups is 3. The van der Waals surface area contributed by atoms with Crippen LogP contribution in [0.15, 0.2) is 18.2 Å². The molecule has 1 aliphatic rings. The summed E-state index contributed by atoms with van der Waals surface area (Å²) in [5.74, 6) is 0.344. The van der Waals surface area contributed by atoms with E-state index in [9.17, 15) is 14.4 Å². The summed E-state index contributed by atoms with van der Waals surface area (Å²) < 4.78 is 16.2. The van der Waals surface area contributed by atoms with Gasteiger partial charge in [0.05, 0.1) is 11.7 Å². The van der Waals surface area contributed by atoms with Crippen molar-refractivity contribution in [1.29, 1.82) is 0 Å². The van der Waals surface area contributed by atoms with E-state index in [1.54, 1.807) is 60.6 Å². The average molecular weight is 450 g/mol. The van der Waals surface area contributed by atoms with Gasteiger partial charge in [0, 0.05) is 6.54 Å². The van der Waals surface area contributed by atoms with Crippen molar-refractivity contribution in [1.82, 2.24) is 10.6 Å². The van der Waals surface area contributed by atoms with Crippen molar-refractivity contribution in [2.24, 2.45) is 0 Å². The Morgan fingerprint density at radius 2 is 1.72 bits per heavy atom. The summed E-state index contributed by atoms with van der Waals surface area (Å²) in [6.45, 7) is 12.8. The second-order valence-corrected chi connectivity index (χ2v) is 9.77. The van der Waals surface area contributed by atoms with E-state index >= 15 is 0 Å². The Morgan fingerprint density at radius 3 is 2.34 bits per heavy atom. The summed E-state index contributed by atoms with van der Waals surface area (Å²) in [5, 5.41) is 8.42. The number of amides is 3. The SMILES string of the molecule is CC1Oc2ccc(C(CCCNC(=O)OC(C)(C)C)NC(=O)OC(C)(C)C)cc2NC1=O. The molecular formula is C23H35N3O6. The number of rotatable bonds is 6. The van der Waals surface area contributed by atoms with Gasteiger partial charge >= 0.3 is 12.2 Å². The number of alkyl carbamates (subject to hydrolysis) is 2. The Labute approximate surface area is 189 Å². The molecule has 1 heterocycles. The molecule has 0 bridgehead atoms. The van der Waals surface area contributed by atoms with Gasteiger partial charge in [0.1, 0.15) is 17.0 Å². The quantitative estimate of drug-likeness (QED) is 0.559. The number of nitrogens with one attached hydrogen (secondary N) is 3. The van der Waals surface area contributed by atoms with Gasteiger partial charge in [-0.1, -0.05) is 6.07 Å². The lowest BCUT2D eigenvalue weighted by Crippen LogP contribution is -2.36. The molecule has 1 aliphatic heterocycles. The fourth-order valence-electron chi connectivity index (χ4n) is 3.03. The summed E-state index contributed by atoms with van der Waals surface area (Å²) >= 11 is 0. The lowest BCUT2D eigenvalue weighted by Gasteiger charge is -2.27. The van der Waals surface area contributed by atoms with E-state index in [-0.39, 0.29) is 5.91 Å². The normalized spacial score (nSPS) is 16.7. The highest BCUT2D eigenvalue weighted by molar-refractivity contribution is 5.97. The van der Waals surface area contributed by atoms with Crippen LogP contribution in [0, 0.1) is 0 Å². The number of hydrogen-bond acceptors (Lipinski definition) is 6.